The molecule has 2 aliphatic rings. The number of fused-ring (bicyclic) bond motifs is 2. The number of halogens is 2. The van der Waals surface area contributed by atoms with E-state index < -0.39 is 11.9 Å². The molecule has 2 aliphatic heterocycles. The minimum Gasteiger partial charge on any atom is -0.387 e. The Bertz CT molecular complexity index is 751. The van der Waals surface area contributed by atoms with Crippen LogP contribution in [0.1, 0.15) is 48.8 Å². The van der Waals surface area contributed by atoms with E-state index >= 15 is 0 Å². The second kappa shape index (κ2) is 6.71. The number of benzene rings is 1. The highest BCUT2D eigenvalue weighted by atomic mass is 35.5. The standard InChI is InChI=1S/C19H23ClFN3O/c1-23-10-14(9-22-23)13-6-15-3-4-16(7-13)24(15)11-19(25)12-2-5-17(20)18(21)8-12/h2,5,8-10,13,15-16,19,25H,3-4,6-7,11H2,1H3. The van der Waals surface area contributed by atoms with Crippen molar-refractivity contribution in [2.24, 2.45) is 7.05 Å². The Hall–Kier alpha value is -1.43. The van der Waals surface area contributed by atoms with Crippen LogP contribution in [0.15, 0.2) is 30.6 Å². The number of aromatic nitrogens is 2. The Morgan fingerprint density at radius 3 is 2.64 bits per heavy atom. The fraction of sp³-hybridized carbons (Fsp3) is 0.526. The molecule has 1 N–H and O–H groups in total. The van der Waals surface area contributed by atoms with Crippen LogP contribution in [-0.2, 0) is 7.05 Å². The van der Waals surface area contributed by atoms with Gasteiger partial charge in [-0.3, -0.25) is 9.58 Å². The molecule has 1 aromatic heterocycles. The SMILES string of the molecule is Cn1cc(C2CC3CCC(C2)N3CC(O)c2ccc(Cl)c(F)c2)cn1. The third kappa shape index (κ3) is 3.33. The molecule has 0 saturated carbocycles. The molecule has 134 valence electrons. The summed E-state index contributed by atoms with van der Waals surface area (Å²) in [5, 5.41) is 15.0. The molecule has 0 radical (unpaired) electrons. The van der Waals surface area contributed by atoms with Crippen molar-refractivity contribution >= 4 is 11.6 Å². The molecule has 0 amide bonds. The summed E-state index contributed by atoms with van der Waals surface area (Å²) in [7, 11) is 1.95. The average Bonchev–Trinajstić information content (AvgIpc) is 3.10. The van der Waals surface area contributed by atoms with E-state index in [-0.39, 0.29) is 5.02 Å². The lowest BCUT2D eigenvalue weighted by Crippen LogP contribution is -2.44. The van der Waals surface area contributed by atoms with Gasteiger partial charge in [-0.25, -0.2) is 4.39 Å². The molecule has 1 aromatic carbocycles. The van der Waals surface area contributed by atoms with Gasteiger partial charge in [0.25, 0.3) is 0 Å². The minimum absolute atomic E-state index is 0.0910. The molecule has 2 aromatic rings. The molecule has 0 aliphatic carbocycles. The summed E-state index contributed by atoms with van der Waals surface area (Å²) < 4.78 is 15.5. The minimum atomic E-state index is -0.690. The molecule has 25 heavy (non-hydrogen) atoms. The van der Waals surface area contributed by atoms with Crippen LogP contribution in [0.25, 0.3) is 0 Å². The van der Waals surface area contributed by atoms with Gasteiger partial charge >= 0.3 is 0 Å². The molecule has 4 rings (SSSR count). The van der Waals surface area contributed by atoms with Crippen molar-refractivity contribution in [1.82, 2.24) is 14.7 Å². The van der Waals surface area contributed by atoms with Crippen molar-refractivity contribution in [3.8, 4) is 0 Å². The summed E-state index contributed by atoms with van der Waals surface area (Å²) >= 11 is 5.74. The van der Waals surface area contributed by atoms with Crippen LogP contribution in [0, 0.1) is 5.82 Å². The van der Waals surface area contributed by atoms with E-state index in [9.17, 15) is 9.50 Å². The van der Waals surface area contributed by atoms with E-state index in [1.54, 1.807) is 6.07 Å². The lowest BCUT2D eigenvalue weighted by atomic mass is 9.86. The number of nitrogens with zero attached hydrogens (tertiary/aromatic N) is 3. The van der Waals surface area contributed by atoms with Crippen LogP contribution in [0.3, 0.4) is 0 Å². The van der Waals surface area contributed by atoms with Crippen molar-refractivity contribution in [3.63, 3.8) is 0 Å². The number of rotatable bonds is 4. The maximum atomic E-state index is 13.7. The monoisotopic (exact) mass is 363 g/mol. The molecule has 3 unspecified atom stereocenters. The third-order valence-electron chi connectivity index (χ3n) is 5.79. The number of aryl methyl sites for hydroxylation is 1. The molecule has 2 saturated heterocycles. The van der Waals surface area contributed by atoms with Crippen LogP contribution in [0.5, 0.6) is 0 Å². The van der Waals surface area contributed by atoms with Crippen molar-refractivity contribution in [3.05, 3.63) is 52.6 Å². The molecule has 6 heteroatoms. The third-order valence-corrected chi connectivity index (χ3v) is 6.10. The fourth-order valence-electron chi connectivity index (χ4n) is 4.52. The Kier molecular flexibility index (Phi) is 4.56. The smallest absolute Gasteiger partial charge is 0.142 e. The van der Waals surface area contributed by atoms with Gasteiger partial charge in [-0.05, 0) is 54.9 Å². The predicted octanol–water partition coefficient (Wildman–Crippen LogP) is 3.66. The highest BCUT2D eigenvalue weighted by Gasteiger charge is 2.41. The Morgan fingerprint density at radius 1 is 1.32 bits per heavy atom. The number of hydrogen-bond acceptors (Lipinski definition) is 3. The Labute approximate surface area is 152 Å². The summed E-state index contributed by atoms with van der Waals surface area (Å²) in [6.07, 6.45) is 7.95. The van der Waals surface area contributed by atoms with E-state index in [4.69, 9.17) is 11.6 Å². The van der Waals surface area contributed by atoms with Crippen LogP contribution in [-0.4, -0.2) is 38.4 Å². The highest BCUT2D eigenvalue weighted by Crippen LogP contribution is 2.43. The summed E-state index contributed by atoms with van der Waals surface area (Å²) in [5.41, 5.74) is 1.91. The topological polar surface area (TPSA) is 41.3 Å². The lowest BCUT2D eigenvalue weighted by Gasteiger charge is -2.39. The summed E-state index contributed by atoms with van der Waals surface area (Å²) in [4.78, 5) is 2.42. The number of aliphatic hydroxyl groups is 1. The zero-order valence-electron chi connectivity index (χ0n) is 14.3. The highest BCUT2D eigenvalue weighted by molar-refractivity contribution is 6.30. The maximum absolute atomic E-state index is 13.7. The number of hydrogen-bond donors (Lipinski definition) is 1. The van der Waals surface area contributed by atoms with Gasteiger partial charge in [0.15, 0.2) is 0 Å². The quantitative estimate of drug-likeness (QED) is 0.901. The molecule has 3 heterocycles. The Balaban J connectivity index is 1.45. The number of piperidine rings is 1. The summed E-state index contributed by atoms with van der Waals surface area (Å²) in [5.74, 6) is 0.0732. The second-order valence-electron chi connectivity index (χ2n) is 7.39. The van der Waals surface area contributed by atoms with E-state index in [0.717, 1.165) is 12.8 Å². The molecule has 2 bridgehead atoms. The average molecular weight is 364 g/mol. The van der Waals surface area contributed by atoms with Crippen molar-refractivity contribution < 1.29 is 9.50 Å². The first kappa shape index (κ1) is 17.0. The normalized spacial score (nSPS) is 27.6. The fourth-order valence-corrected chi connectivity index (χ4v) is 4.64. The van der Waals surface area contributed by atoms with E-state index in [1.165, 1.54) is 30.5 Å². The zero-order valence-corrected chi connectivity index (χ0v) is 15.0. The molecule has 4 nitrogen and oxygen atoms in total. The van der Waals surface area contributed by atoms with Crippen LogP contribution in [0.2, 0.25) is 5.02 Å². The van der Waals surface area contributed by atoms with Gasteiger partial charge in [-0.1, -0.05) is 17.7 Å². The molecule has 0 spiro atoms. The van der Waals surface area contributed by atoms with E-state index in [2.05, 4.69) is 16.2 Å². The molecular weight excluding hydrogens is 341 g/mol. The first-order valence-electron chi connectivity index (χ1n) is 8.88. The predicted molar refractivity (Wildman–Crippen MR) is 95.1 cm³/mol. The molecular formula is C19H23ClFN3O. The van der Waals surface area contributed by atoms with Crippen molar-refractivity contribution in [2.45, 2.75) is 49.8 Å². The Morgan fingerprint density at radius 2 is 2.04 bits per heavy atom. The van der Waals surface area contributed by atoms with E-state index in [1.807, 2.05) is 17.9 Å². The van der Waals surface area contributed by atoms with Crippen LogP contribution >= 0.6 is 11.6 Å². The van der Waals surface area contributed by atoms with Crippen molar-refractivity contribution in [1.29, 1.82) is 0 Å². The van der Waals surface area contributed by atoms with Gasteiger partial charge in [0, 0.05) is 31.9 Å². The molecule has 3 atom stereocenters. The zero-order chi connectivity index (χ0) is 17.6. The first-order valence-corrected chi connectivity index (χ1v) is 9.26. The van der Waals surface area contributed by atoms with Crippen LogP contribution in [0.4, 0.5) is 4.39 Å². The van der Waals surface area contributed by atoms with Crippen molar-refractivity contribution in [2.75, 3.05) is 6.54 Å². The first-order chi connectivity index (χ1) is 12.0. The van der Waals surface area contributed by atoms with Gasteiger partial charge in [0.05, 0.1) is 17.3 Å². The summed E-state index contributed by atoms with van der Waals surface area (Å²) in [6, 6.07) is 5.53. The van der Waals surface area contributed by atoms with Gasteiger partial charge in [-0.2, -0.15) is 5.10 Å². The van der Waals surface area contributed by atoms with Gasteiger partial charge in [0.1, 0.15) is 5.82 Å². The largest absolute Gasteiger partial charge is 0.387 e. The van der Waals surface area contributed by atoms with Gasteiger partial charge in [-0.15, -0.1) is 0 Å². The second-order valence-corrected chi connectivity index (χ2v) is 7.79. The van der Waals surface area contributed by atoms with Gasteiger partial charge in [0.2, 0.25) is 0 Å². The summed E-state index contributed by atoms with van der Waals surface area (Å²) in [6.45, 7) is 0.552. The van der Waals surface area contributed by atoms with Gasteiger partial charge < -0.3 is 5.11 Å². The number of aliphatic hydroxyl groups excluding tert-OH is 1. The molecule has 2 fully saturated rings. The maximum Gasteiger partial charge on any atom is 0.142 e. The van der Waals surface area contributed by atoms with Crippen LogP contribution < -0.4 is 0 Å². The van der Waals surface area contributed by atoms with E-state index in [0.29, 0.717) is 30.1 Å². The lowest BCUT2D eigenvalue weighted by molar-refractivity contribution is 0.0556.